The van der Waals surface area contributed by atoms with Gasteiger partial charge in [0.05, 0.1) is 12.5 Å². The van der Waals surface area contributed by atoms with Crippen LogP contribution in [0.15, 0.2) is 24.3 Å². The maximum absolute atomic E-state index is 13.9. The number of ether oxygens (including phenoxy) is 1. The maximum atomic E-state index is 13.9. The number of likely N-dealkylation sites (tertiary alicyclic amines) is 1. The number of hydrogen-bond acceptors (Lipinski definition) is 3. The fourth-order valence-corrected chi connectivity index (χ4v) is 2.90. The second-order valence-electron chi connectivity index (χ2n) is 5.35. The van der Waals surface area contributed by atoms with E-state index in [-0.39, 0.29) is 13.0 Å². The first-order valence-corrected chi connectivity index (χ1v) is 6.78. The van der Waals surface area contributed by atoms with Crippen LogP contribution in [-0.2, 0) is 16.0 Å². The zero-order valence-electron chi connectivity index (χ0n) is 11.8. The second kappa shape index (κ2) is 6.11. The van der Waals surface area contributed by atoms with Crippen molar-refractivity contribution in [3.8, 4) is 0 Å². The third kappa shape index (κ3) is 3.15. The molecule has 2 rings (SSSR count). The van der Waals surface area contributed by atoms with Gasteiger partial charge in [0.2, 0.25) is 0 Å². The normalized spacial score (nSPS) is 21.9. The molecule has 21 heavy (non-hydrogen) atoms. The molecule has 1 aliphatic rings. The van der Waals surface area contributed by atoms with E-state index in [2.05, 4.69) is 0 Å². The third-order valence-corrected chi connectivity index (χ3v) is 3.95. The highest BCUT2D eigenvalue weighted by atomic mass is 19.1. The fraction of sp³-hybridized carbons (Fsp3) is 0.467. The molecule has 5 nitrogen and oxygen atoms in total. The van der Waals surface area contributed by atoms with E-state index in [1.54, 1.807) is 18.2 Å². The molecule has 1 saturated heterocycles. The molecule has 0 bridgehead atoms. The Bertz CT molecular complexity index is 548. The van der Waals surface area contributed by atoms with E-state index in [4.69, 9.17) is 9.84 Å². The van der Waals surface area contributed by atoms with E-state index in [0.29, 0.717) is 24.9 Å². The first kappa shape index (κ1) is 15.3. The van der Waals surface area contributed by atoms with Crippen molar-refractivity contribution >= 4 is 12.1 Å². The van der Waals surface area contributed by atoms with E-state index >= 15 is 0 Å². The lowest BCUT2D eigenvalue weighted by atomic mass is 9.75. The van der Waals surface area contributed by atoms with Crippen LogP contribution in [0.2, 0.25) is 0 Å². The number of benzene rings is 1. The summed E-state index contributed by atoms with van der Waals surface area (Å²) in [6.07, 6.45) is 0.0977. The molecule has 1 atom stereocenters. The van der Waals surface area contributed by atoms with Crippen LogP contribution >= 0.6 is 0 Å². The largest absolute Gasteiger partial charge is 0.469 e. The summed E-state index contributed by atoms with van der Waals surface area (Å²) in [5, 5.41) is 9.15. The van der Waals surface area contributed by atoms with Crippen LogP contribution in [0.5, 0.6) is 0 Å². The molecule has 6 heteroatoms. The van der Waals surface area contributed by atoms with E-state index in [1.165, 1.54) is 18.1 Å². The van der Waals surface area contributed by atoms with Crippen molar-refractivity contribution in [2.24, 2.45) is 5.41 Å². The highest BCUT2D eigenvalue weighted by Crippen LogP contribution is 2.35. The van der Waals surface area contributed by atoms with Crippen LogP contribution < -0.4 is 0 Å². The van der Waals surface area contributed by atoms with Crippen LogP contribution in [0.3, 0.4) is 0 Å². The van der Waals surface area contributed by atoms with Crippen molar-refractivity contribution in [2.75, 3.05) is 20.2 Å². The van der Waals surface area contributed by atoms with Crippen molar-refractivity contribution in [3.63, 3.8) is 0 Å². The van der Waals surface area contributed by atoms with Crippen molar-refractivity contribution in [2.45, 2.75) is 19.3 Å². The molecular formula is C15H18FNO4. The first-order chi connectivity index (χ1) is 9.98. The summed E-state index contributed by atoms with van der Waals surface area (Å²) in [7, 11) is 1.27. The standard InChI is InChI=1S/C15H18FNO4/c1-21-13(18)15(7-4-8-17(10-15)14(19)20)9-11-5-2-3-6-12(11)16/h2-3,5-6H,4,7-10H2,1H3,(H,19,20). The molecule has 1 aromatic rings. The topological polar surface area (TPSA) is 66.8 Å². The highest BCUT2D eigenvalue weighted by molar-refractivity contribution is 5.79. The van der Waals surface area contributed by atoms with Gasteiger partial charge in [-0.3, -0.25) is 4.79 Å². The summed E-state index contributed by atoms with van der Waals surface area (Å²) >= 11 is 0. The molecule has 0 aliphatic carbocycles. The lowest BCUT2D eigenvalue weighted by Gasteiger charge is -2.39. The van der Waals surface area contributed by atoms with E-state index < -0.39 is 23.3 Å². The van der Waals surface area contributed by atoms with Gasteiger partial charge in [-0.15, -0.1) is 0 Å². The fourth-order valence-electron chi connectivity index (χ4n) is 2.90. The number of nitrogens with zero attached hydrogens (tertiary/aromatic N) is 1. The second-order valence-corrected chi connectivity index (χ2v) is 5.35. The molecule has 1 aliphatic heterocycles. The number of hydrogen-bond donors (Lipinski definition) is 1. The van der Waals surface area contributed by atoms with E-state index in [9.17, 15) is 14.0 Å². The average molecular weight is 295 g/mol. The van der Waals surface area contributed by atoms with Crippen molar-refractivity contribution in [3.05, 3.63) is 35.6 Å². The number of carbonyl (C=O) groups is 2. The number of rotatable bonds is 3. The van der Waals surface area contributed by atoms with Gasteiger partial charge in [0.25, 0.3) is 0 Å². The van der Waals surface area contributed by atoms with Gasteiger partial charge < -0.3 is 14.7 Å². The number of carbonyl (C=O) groups excluding carboxylic acids is 1. The summed E-state index contributed by atoms with van der Waals surface area (Å²) in [5.41, 5.74) is -0.622. The molecule has 0 aromatic heterocycles. The molecule has 1 fully saturated rings. The van der Waals surface area contributed by atoms with Crippen molar-refractivity contribution in [1.29, 1.82) is 0 Å². The monoisotopic (exact) mass is 295 g/mol. The molecular weight excluding hydrogens is 277 g/mol. The Hall–Kier alpha value is -2.11. The highest BCUT2D eigenvalue weighted by Gasteiger charge is 2.45. The molecule has 0 spiro atoms. The first-order valence-electron chi connectivity index (χ1n) is 6.78. The minimum atomic E-state index is -1.07. The lowest BCUT2D eigenvalue weighted by molar-refractivity contribution is -0.155. The van der Waals surface area contributed by atoms with E-state index in [0.717, 1.165) is 0 Å². The van der Waals surface area contributed by atoms with Gasteiger partial charge in [0, 0.05) is 13.1 Å². The Morgan fingerprint density at radius 1 is 1.43 bits per heavy atom. The minimum Gasteiger partial charge on any atom is -0.469 e. The van der Waals surface area contributed by atoms with E-state index in [1.807, 2.05) is 0 Å². The zero-order chi connectivity index (χ0) is 15.5. The summed E-state index contributed by atoms with van der Waals surface area (Å²) in [5.74, 6) is -0.884. The molecule has 1 aromatic carbocycles. The van der Waals surface area contributed by atoms with Gasteiger partial charge in [-0.1, -0.05) is 18.2 Å². The van der Waals surface area contributed by atoms with Crippen LogP contribution in [0.1, 0.15) is 18.4 Å². The number of halogens is 1. The van der Waals surface area contributed by atoms with Gasteiger partial charge in [-0.25, -0.2) is 9.18 Å². The van der Waals surface area contributed by atoms with Gasteiger partial charge in [-0.2, -0.15) is 0 Å². The van der Waals surface area contributed by atoms with Gasteiger partial charge in [-0.05, 0) is 30.9 Å². The van der Waals surface area contributed by atoms with Crippen molar-refractivity contribution in [1.82, 2.24) is 4.90 Å². The quantitative estimate of drug-likeness (QED) is 0.869. The third-order valence-electron chi connectivity index (χ3n) is 3.95. The summed E-state index contributed by atoms with van der Waals surface area (Å²) in [4.78, 5) is 24.6. The van der Waals surface area contributed by atoms with Crippen LogP contribution in [0.4, 0.5) is 9.18 Å². The molecule has 1 N–H and O–H groups in total. The SMILES string of the molecule is COC(=O)C1(Cc2ccccc2F)CCCN(C(=O)O)C1. The number of amides is 1. The minimum absolute atomic E-state index is 0.0311. The number of esters is 1. The molecule has 1 unspecified atom stereocenters. The molecule has 1 amide bonds. The van der Waals surface area contributed by atoms with Gasteiger partial charge >= 0.3 is 12.1 Å². The molecule has 114 valence electrons. The Morgan fingerprint density at radius 2 is 2.14 bits per heavy atom. The van der Waals surface area contributed by atoms with Gasteiger partial charge in [0.1, 0.15) is 5.82 Å². The summed E-state index contributed by atoms with van der Waals surface area (Å²) < 4.78 is 18.7. The molecule has 1 heterocycles. The summed E-state index contributed by atoms with van der Waals surface area (Å²) in [6.45, 7) is 0.411. The smallest absolute Gasteiger partial charge is 0.407 e. The summed E-state index contributed by atoms with van der Waals surface area (Å²) in [6, 6.07) is 6.22. The molecule has 0 radical (unpaired) electrons. The maximum Gasteiger partial charge on any atom is 0.407 e. The molecule has 0 saturated carbocycles. The predicted molar refractivity (Wildman–Crippen MR) is 73.4 cm³/mol. The zero-order valence-corrected chi connectivity index (χ0v) is 11.8. The number of methoxy groups -OCH3 is 1. The Balaban J connectivity index is 2.32. The number of carboxylic acid groups (broad SMARTS) is 1. The predicted octanol–water partition coefficient (Wildman–Crippen LogP) is 2.30. The van der Waals surface area contributed by atoms with Crippen LogP contribution in [0.25, 0.3) is 0 Å². The Kier molecular flexibility index (Phi) is 4.45. The van der Waals surface area contributed by atoms with Crippen molar-refractivity contribution < 1.29 is 23.8 Å². The van der Waals surface area contributed by atoms with Crippen LogP contribution in [0, 0.1) is 11.2 Å². The number of piperidine rings is 1. The van der Waals surface area contributed by atoms with Gasteiger partial charge in [0.15, 0.2) is 0 Å². The average Bonchev–Trinajstić information content (AvgIpc) is 2.49. The Morgan fingerprint density at radius 3 is 2.76 bits per heavy atom. The van der Waals surface area contributed by atoms with Crippen LogP contribution in [-0.4, -0.2) is 42.3 Å². The lowest BCUT2D eigenvalue weighted by Crippen LogP contribution is -2.51. The Labute approximate surface area is 122 Å².